The molecule has 0 aliphatic carbocycles. The smallest absolute Gasteiger partial charge is 0.322 e. The monoisotopic (exact) mass is 425 g/mol. The number of rotatable bonds is 4. The number of anilines is 2. The van der Waals surface area contributed by atoms with Crippen LogP contribution in [0.2, 0.25) is 5.02 Å². The SMILES string of the molecule is O=C(Nc1ccc(-n2cccn2)cc1)C1CC(O)CN1C(=O)Nc1ccc(Cl)cc1. The molecule has 0 radical (unpaired) electrons. The van der Waals surface area contributed by atoms with Gasteiger partial charge in [0, 0.05) is 41.8 Å². The molecular formula is C21H20ClN5O3. The zero-order valence-corrected chi connectivity index (χ0v) is 16.7. The van der Waals surface area contributed by atoms with E-state index in [1.165, 1.54) is 4.90 Å². The average molecular weight is 426 g/mol. The summed E-state index contributed by atoms with van der Waals surface area (Å²) in [6, 6.07) is 14.4. The number of aliphatic hydroxyl groups is 1. The van der Waals surface area contributed by atoms with Gasteiger partial charge >= 0.3 is 6.03 Å². The van der Waals surface area contributed by atoms with Crippen molar-refractivity contribution in [1.29, 1.82) is 0 Å². The summed E-state index contributed by atoms with van der Waals surface area (Å²) in [5.41, 5.74) is 2.01. The minimum Gasteiger partial charge on any atom is -0.391 e. The quantitative estimate of drug-likeness (QED) is 0.598. The molecule has 2 aromatic carbocycles. The predicted molar refractivity (Wildman–Crippen MR) is 114 cm³/mol. The fraction of sp³-hybridized carbons (Fsp3) is 0.190. The van der Waals surface area contributed by atoms with Crippen LogP contribution in [0.1, 0.15) is 6.42 Å². The van der Waals surface area contributed by atoms with E-state index in [2.05, 4.69) is 15.7 Å². The van der Waals surface area contributed by atoms with Crippen molar-refractivity contribution in [1.82, 2.24) is 14.7 Å². The number of aliphatic hydroxyl groups excluding tert-OH is 1. The van der Waals surface area contributed by atoms with Gasteiger partial charge in [-0.2, -0.15) is 5.10 Å². The van der Waals surface area contributed by atoms with Crippen LogP contribution in [0.15, 0.2) is 67.0 Å². The number of amides is 3. The lowest BCUT2D eigenvalue weighted by Gasteiger charge is -2.24. The first kappa shape index (κ1) is 19.9. The Morgan fingerprint density at radius 1 is 1.03 bits per heavy atom. The molecule has 1 aliphatic heterocycles. The molecule has 0 saturated carbocycles. The molecule has 1 fully saturated rings. The molecule has 9 heteroatoms. The maximum atomic E-state index is 12.8. The predicted octanol–water partition coefficient (Wildman–Crippen LogP) is 3.13. The number of β-amino-alcohol motifs (C(OH)–C–C–N with tert-alkyl or cyclic N) is 1. The number of hydrogen-bond donors (Lipinski definition) is 3. The molecule has 0 spiro atoms. The van der Waals surface area contributed by atoms with Gasteiger partial charge in [-0.3, -0.25) is 4.79 Å². The highest BCUT2D eigenvalue weighted by Gasteiger charge is 2.39. The number of aromatic nitrogens is 2. The van der Waals surface area contributed by atoms with Crippen molar-refractivity contribution in [2.24, 2.45) is 0 Å². The third-order valence-corrected chi connectivity index (χ3v) is 5.09. The second-order valence-corrected chi connectivity index (χ2v) is 7.42. The number of carbonyl (C=O) groups is 2. The lowest BCUT2D eigenvalue weighted by molar-refractivity contribution is -0.119. The molecule has 2 unspecified atom stereocenters. The summed E-state index contributed by atoms with van der Waals surface area (Å²) in [6.45, 7) is 0.0791. The average Bonchev–Trinajstić information content (AvgIpc) is 3.40. The first-order valence-corrected chi connectivity index (χ1v) is 9.79. The van der Waals surface area contributed by atoms with Crippen LogP contribution in [-0.4, -0.2) is 50.4 Å². The van der Waals surface area contributed by atoms with Crippen LogP contribution >= 0.6 is 11.6 Å². The maximum Gasteiger partial charge on any atom is 0.322 e. The molecule has 0 bridgehead atoms. The Morgan fingerprint density at radius 2 is 1.70 bits per heavy atom. The van der Waals surface area contributed by atoms with E-state index >= 15 is 0 Å². The highest BCUT2D eigenvalue weighted by Crippen LogP contribution is 2.22. The number of nitrogens with zero attached hydrogens (tertiary/aromatic N) is 3. The molecule has 8 nitrogen and oxygen atoms in total. The molecule has 3 amide bonds. The molecular weight excluding hydrogens is 406 g/mol. The number of carbonyl (C=O) groups excluding carboxylic acids is 2. The standard InChI is InChI=1S/C21H20ClN5O3/c22-14-2-4-16(5-3-14)25-21(30)26-13-18(28)12-19(26)20(29)24-15-6-8-17(9-7-15)27-11-1-10-23-27/h1-11,18-19,28H,12-13H2,(H,24,29)(H,25,30). The largest absolute Gasteiger partial charge is 0.391 e. The van der Waals surface area contributed by atoms with Crippen LogP contribution in [0.4, 0.5) is 16.2 Å². The molecule has 154 valence electrons. The molecule has 3 N–H and O–H groups in total. The lowest BCUT2D eigenvalue weighted by Crippen LogP contribution is -2.45. The summed E-state index contributed by atoms with van der Waals surface area (Å²) in [5, 5.41) is 20.3. The number of nitrogens with one attached hydrogen (secondary N) is 2. The molecule has 30 heavy (non-hydrogen) atoms. The summed E-state index contributed by atoms with van der Waals surface area (Å²) in [6.07, 6.45) is 2.92. The summed E-state index contributed by atoms with van der Waals surface area (Å²) in [7, 11) is 0. The van der Waals surface area contributed by atoms with E-state index in [1.807, 2.05) is 24.4 Å². The van der Waals surface area contributed by atoms with Crippen molar-refractivity contribution in [3.05, 3.63) is 72.0 Å². The van der Waals surface area contributed by atoms with Crippen molar-refractivity contribution >= 4 is 34.9 Å². The second-order valence-electron chi connectivity index (χ2n) is 6.98. The van der Waals surface area contributed by atoms with Gasteiger partial charge in [0.15, 0.2) is 0 Å². The van der Waals surface area contributed by atoms with E-state index in [9.17, 15) is 14.7 Å². The van der Waals surface area contributed by atoms with Gasteiger partial charge < -0.3 is 20.6 Å². The van der Waals surface area contributed by atoms with Crippen LogP contribution in [0.3, 0.4) is 0 Å². The second kappa shape index (κ2) is 8.56. The Kier molecular flexibility index (Phi) is 5.69. The number of hydrogen-bond acceptors (Lipinski definition) is 4. The van der Waals surface area contributed by atoms with Crippen LogP contribution in [-0.2, 0) is 4.79 Å². The molecule has 4 rings (SSSR count). The van der Waals surface area contributed by atoms with E-state index in [1.54, 1.807) is 47.3 Å². The van der Waals surface area contributed by atoms with Crippen LogP contribution in [0.25, 0.3) is 5.69 Å². The number of likely N-dealkylation sites (tertiary alicyclic amines) is 1. The minimum absolute atomic E-state index is 0.0791. The Labute approximate surface area is 178 Å². The fourth-order valence-electron chi connectivity index (χ4n) is 3.36. The van der Waals surface area contributed by atoms with Crippen molar-refractivity contribution in [3.63, 3.8) is 0 Å². The van der Waals surface area contributed by atoms with E-state index in [0.29, 0.717) is 16.4 Å². The van der Waals surface area contributed by atoms with E-state index in [4.69, 9.17) is 11.6 Å². The van der Waals surface area contributed by atoms with E-state index in [-0.39, 0.29) is 18.9 Å². The zero-order valence-electron chi connectivity index (χ0n) is 15.9. The van der Waals surface area contributed by atoms with Gasteiger partial charge in [0.05, 0.1) is 11.8 Å². The summed E-state index contributed by atoms with van der Waals surface area (Å²) >= 11 is 5.86. The third-order valence-electron chi connectivity index (χ3n) is 4.84. The van der Waals surface area contributed by atoms with Crippen molar-refractivity contribution < 1.29 is 14.7 Å². The zero-order chi connectivity index (χ0) is 21.1. The van der Waals surface area contributed by atoms with Gasteiger partial charge in [-0.15, -0.1) is 0 Å². The van der Waals surface area contributed by atoms with Crippen molar-refractivity contribution in [2.45, 2.75) is 18.6 Å². The van der Waals surface area contributed by atoms with Crippen molar-refractivity contribution in [2.75, 3.05) is 17.2 Å². The summed E-state index contributed by atoms with van der Waals surface area (Å²) < 4.78 is 1.71. The Bertz CT molecular complexity index is 1020. The minimum atomic E-state index is -0.780. The van der Waals surface area contributed by atoms with Crippen LogP contribution in [0, 0.1) is 0 Å². The number of urea groups is 1. The van der Waals surface area contributed by atoms with Gasteiger partial charge in [0.1, 0.15) is 6.04 Å². The van der Waals surface area contributed by atoms with Gasteiger partial charge in [-0.1, -0.05) is 11.6 Å². The molecule has 1 aromatic heterocycles. The molecule has 2 atom stereocenters. The van der Waals surface area contributed by atoms with Gasteiger partial charge in [0.25, 0.3) is 0 Å². The van der Waals surface area contributed by atoms with Crippen LogP contribution in [0.5, 0.6) is 0 Å². The summed E-state index contributed by atoms with van der Waals surface area (Å²) in [5.74, 6) is -0.357. The lowest BCUT2D eigenvalue weighted by atomic mass is 10.2. The molecule has 1 aliphatic rings. The molecule has 3 aromatic rings. The number of benzene rings is 2. The molecule has 2 heterocycles. The topological polar surface area (TPSA) is 99.5 Å². The van der Waals surface area contributed by atoms with Crippen molar-refractivity contribution in [3.8, 4) is 5.69 Å². The number of halogens is 1. The maximum absolute atomic E-state index is 12.8. The van der Waals surface area contributed by atoms with Gasteiger partial charge in [0.2, 0.25) is 5.91 Å². The first-order chi connectivity index (χ1) is 14.5. The highest BCUT2D eigenvalue weighted by molar-refractivity contribution is 6.30. The van der Waals surface area contributed by atoms with E-state index in [0.717, 1.165) is 5.69 Å². The Morgan fingerprint density at radius 3 is 2.37 bits per heavy atom. The van der Waals surface area contributed by atoms with Crippen LogP contribution < -0.4 is 10.6 Å². The highest BCUT2D eigenvalue weighted by atomic mass is 35.5. The van der Waals surface area contributed by atoms with Gasteiger partial charge in [-0.25, -0.2) is 9.48 Å². The summed E-state index contributed by atoms with van der Waals surface area (Å²) in [4.78, 5) is 26.8. The Balaban J connectivity index is 1.42. The fourth-order valence-corrected chi connectivity index (χ4v) is 3.49. The Hall–Kier alpha value is -3.36. The van der Waals surface area contributed by atoms with E-state index < -0.39 is 18.2 Å². The van der Waals surface area contributed by atoms with Gasteiger partial charge in [-0.05, 0) is 54.6 Å². The first-order valence-electron chi connectivity index (χ1n) is 9.42. The normalized spacial score (nSPS) is 18.3. The molecule has 1 saturated heterocycles. The third kappa shape index (κ3) is 4.45.